The van der Waals surface area contributed by atoms with E-state index in [0.29, 0.717) is 18.8 Å². The first-order valence-electron chi connectivity index (χ1n) is 6.85. The van der Waals surface area contributed by atoms with Gasteiger partial charge in [0.2, 0.25) is 10.0 Å². The van der Waals surface area contributed by atoms with Gasteiger partial charge in [0.1, 0.15) is 11.0 Å². The maximum Gasteiger partial charge on any atom is 0.244 e. The molecule has 2 rings (SSSR count). The largest absolute Gasteiger partial charge is 0.399 e. The molecule has 0 spiro atoms. The van der Waals surface area contributed by atoms with E-state index in [9.17, 15) is 8.42 Å². The molecule has 20 heavy (non-hydrogen) atoms. The average Bonchev–Trinajstić information content (AvgIpc) is 2.37. The highest BCUT2D eigenvalue weighted by Gasteiger charge is 2.27. The molecule has 0 aliphatic carbocycles. The van der Waals surface area contributed by atoms with Gasteiger partial charge in [0.25, 0.3) is 0 Å². The lowest BCUT2D eigenvalue weighted by molar-refractivity contribution is 0.364. The Balaban J connectivity index is 2.36. The first kappa shape index (κ1) is 14.8. The van der Waals surface area contributed by atoms with Crippen LogP contribution in [0.4, 0.5) is 5.69 Å². The Bertz CT molecular complexity index is 612. The van der Waals surface area contributed by atoms with E-state index in [1.807, 2.05) is 6.07 Å². The predicted molar refractivity (Wildman–Crippen MR) is 77.4 cm³/mol. The van der Waals surface area contributed by atoms with Crippen LogP contribution in [-0.2, 0) is 10.0 Å². The molecule has 0 saturated carbocycles. The Labute approximate surface area is 120 Å². The van der Waals surface area contributed by atoms with Gasteiger partial charge in [-0.15, -0.1) is 0 Å². The maximum atomic E-state index is 12.7. The van der Waals surface area contributed by atoms with Gasteiger partial charge >= 0.3 is 0 Å². The third kappa shape index (κ3) is 3.11. The first-order chi connectivity index (χ1) is 9.55. The van der Waals surface area contributed by atoms with Crippen molar-refractivity contribution in [1.82, 2.24) is 4.31 Å². The highest BCUT2D eigenvalue weighted by atomic mass is 32.2. The number of anilines is 1. The number of benzene rings is 1. The van der Waals surface area contributed by atoms with Crippen LogP contribution in [0.1, 0.15) is 37.7 Å². The summed E-state index contributed by atoms with van der Waals surface area (Å²) in [5, 5.41) is 9.12. The Kier molecular flexibility index (Phi) is 4.63. The minimum atomic E-state index is -3.61. The molecular formula is C14H19N3O2S. The van der Waals surface area contributed by atoms with Gasteiger partial charge in [-0.25, -0.2) is 8.42 Å². The van der Waals surface area contributed by atoms with E-state index in [1.54, 1.807) is 0 Å². The molecule has 1 saturated heterocycles. The molecule has 1 aromatic rings. The summed E-state index contributed by atoms with van der Waals surface area (Å²) in [5.74, 6) is 0. The summed E-state index contributed by atoms with van der Waals surface area (Å²) in [6.45, 7) is 1.05. The number of hydrogen-bond acceptors (Lipinski definition) is 4. The molecule has 2 N–H and O–H groups in total. The van der Waals surface area contributed by atoms with Crippen LogP contribution in [0.15, 0.2) is 23.1 Å². The molecule has 1 heterocycles. The molecule has 1 aliphatic rings. The van der Waals surface area contributed by atoms with Gasteiger partial charge in [0.05, 0.1) is 5.56 Å². The lowest BCUT2D eigenvalue weighted by atomic mass is 10.1. The Morgan fingerprint density at radius 2 is 1.70 bits per heavy atom. The number of hydrogen-bond donors (Lipinski definition) is 1. The number of nitrogens with two attached hydrogens (primary N) is 1. The van der Waals surface area contributed by atoms with Crippen molar-refractivity contribution >= 4 is 15.7 Å². The highest BCUT2D eigenvalue weighted by molar-refractivity contribution is 7.89. The molecule has 0 bridgehead atoms. The quantitative estimate of drug-likeness (QED) is 0.846. The molecule has 0 atom stereocenters. The van der Waals surface area contributed by atoms with E-state index in [1.165, 1.54) is 28.9 Å². The third-order valence-corrected chi connectivity index (χ3v) is 5.51. The van der Waals surface area contributed by atoms with Crippen LogP contribution in [-0.4, -0.2) is 25.8 Å². The van der Waals surface area contributed by atoms with Crippen LogP contribution in [0, 0.1) is 11.3 Å². The summed E-state index contributed by atoms with van der Waals surface area (Å²) in [6, 6.07) is 6.30. The molecular weight excluding hydrogens is 274 g/mol. The van der Waals surface area contributed by atoms with Gasteiger partial charge in [-0.05, 0) is 31.0 Å². The fraction of sp³-hybridized carbons (Fsp3) is 0.500. The number of nitrogen functional groups attached to an aromatic ring is 1. The average molecular weight is 293 g/mol. The molecule has 0 radical (unpaired) electrons. The summed E-state index contributed by atoms with van der Waals surface area (Å²) in [6.07, 6.45) is 5.02. The van der Waals surface area contributed by atoms with Crippen molar-refractivity contribution in [2.45, 2.75) is 37.0 Å². The van der Waals surface area contributed by atoms with E-state index < -0.39 is 10.0 Å². The van der Waals surface area contributed by atoms with E-state index in [2.05, 4.69) is 0 Å². The van der Waals surface area contributed by atoms with Crippen LogP contribution in [0.2, 0.25) is 0 Å². The Hall–Kier alpha value is -1.58. The minimum absolute atomic E-state index is 0.0646. The van der Waals surface area contributed by atoms with Gasteiger partial charge in [0.15, 0.2) is 0 Å². The Morgan fingerprint density at radius 1 is 1.10 bits per heavy atom. The van der Waals surface area contributed by atoms with Crippen LogP contribution in [0.5, 0.6) is 0 Å². The molecule has 1 aromatic carbocycles. The number of nitrogens with zero attached hydrogens (tertiary/aromatic N) is 2. The SMILES string of the molecule is N#Cc1cc(N)ccc1S(=O)(=O)N1CCCCCCC1. The second-order valence-corrected chi connectivity index (χ2v) is 6.95. The second-order valence-electron chi connectivity index (χ2n) is 5.04. The van der Waals surface area contributed by atoms with Crippen LogP contribution < -0.4 is 5.73 Å². The normalized spacial score (nSPS) is 17.9. The number of rotatable bonds is 2. The van der Waals surface area contributed by atoms with Crippen molar-refractivity contribution in [1.29, 1.82) is 5.26 Å². The van der Waals surface area contributed by atoms with Crippen molar-refractivity contribution in [2.75, 3.05) is 18.8 Å². The lowest BCUT2D eigenvalue weighted by Gasteiger charge is -2.24. The van der Waals surface area contributed by atoms with Gasteiger partial charge in [0, 0.05) is 18.8 Å². The molecule has 108 valence electrons. The van der Waals surface area contributed by atoms with Gasteiger partial charge < -0.3 is 5.73 Å². The van der Waals surface area contributed by atoms with Crippen molar-refractivity contribution < 1.29 is 8.42 Å². The fourth-order valence-electron chi connectivity index (χ4n) is 2.46. The lowest BCUT2D eigenvalue weighted by Crippen LogP contribution is -2.34. The molecule has 6 heteroatoms. The summed E-state index contributed by atoms with van der Waals surface area (Å²) in [7, 11) is -3.61. The third-order valence-electron chi connectivity index (χ3n) is 3.56. The van der Waals surface area contributed by atoms with Crippen LogP contribution in [0.3, 0.4) is 0 Å². The Morgan fingerprint density at radius 3 is 2.30 bits per heavy atom. The fourth-order valence-corrected chi connectivity index (χ4v) is 4.10. The zero-order valence-electron chi connectivity index (χ0n) is 11.4. The summed E-state index contributed by atoms with van der Waals surface area (Å²) >= 11 is 0. The highest BCUT2D eigenvalue weighted by Crippen LogP contribution is 2.24. The van der Waals surface area contributed by atoms with Crippen LogP contribution in [0.25, 0.3) is 0 Å². The zero-order chi connectivity index (χ0) is 14.6. The van der Waals surface area contributed by atoms with E-state index >= 15 is 0 Å². The smallest absolute Gasteiger partial charge is 0.244 e. The standard InChI is InChI=1S/C14H19N3O2S/c15-11-12-10-13(16)6-7-14(12)20(18,19)17-8-4-2-1-3-5-9-17/h6-7,10H,1-5,8-9,16H2. The zero-order valence-corrected chi connectivity index (χ0v) is 12.2. The molecule has 0 amide bonds. The van der Waals surface area contributed by atoms with Crippen LogP contribution >= 0.6 is 0 Å². The van der Waals surface area contributed by atoms with Gasteiger partial charge in [-0.1, -0.05) is 19.3 Å². The summed E-state index contributed by atoms with van der Waals surface area (Å²) in [5.41, 5.74) is 6.13. The van der Waals surface area contributed by atoms with Crippen molar-refractivity contribution in [2.24, 2.45) is 0 Å². The van der Waals surface area contributed by atoms with Crippen molar-refractivity contribution in [3.05, 3.63) is 23.8 Å². The first-order valence-corrected chi connectivity index (χ1v) is 8.29. The second kappa shape index (κ2) is 6.25. The van der Waals surface area contributed by atoms with E-state index in [0.717, 1.165) is 25.7 Å². The summed E-state index contributed by atoms with van der Waals surface area (Å²) in [4.78, 5) is 0.0646. The van der Waals surface area contributed by atoms with Crippen molar-refractivity contribution in [3.63, 3.8) is 0 Å². The topological polar surface area (TPSA) is 87.2 Å². The predicted octanol–water partition coefficient (Wildman–Crippen LogP) is 2.10. The van der Waals surface area contributed by atoms with Gasteiger partial charge in [-0.2, -0.15) is 9.57 Å². The van der Waals surface area contributed by atoms with Gasteiger partial charge in [-0.3, -0.25) is 0 Å². The maximum absolute atomic E-state index is 12.7. The molecule has 1 fully saturated rings. The number of nitriles is 1. The van der Waals surface area contributed by atoms with E-state index in [-0.39, 0.29) is 10.5 Å². The number of sulfonamides is 1. The molecule has 5 nitrogen and oxygen atoms in total. The minimum Gasteiger partial charge on any atom is -0.399 e. The molecule has 0 aromatic heterocycles. The van der Waals surface area contributed by atoms with E-state index in [4.69, 9.17) is 11.0 Å². The molecule has 0 unspecified atom stereocenters. The molecule has 1 aliphatic heterocycles. The summed E-state index contributed by atoms with van der Waals surface area (Å²) < 4.78 is 26.9. The monoisotopic (exact) mass is 293 g/mol. The van der Waals surface area contributed by atoms with Crippen molar-refractivity contribution in [3.8, 4) is 6.07 Å².